The van der Waals surface area contributed by atoms with E-state index in [2.05, 4.69) is 5.32 Å². The van der Waals surface area contributed by atoms with Crippen molar-refractivity contribution in [2.45, 2.75) is 25.8 Å². The summed E-state index contributed by atoms with van der Waals surface area (Å²) in [7, 11) is 0. The second-order valence-corrected chi connectivity index (χ2v) is 4.59. The molecule has 98 valence electrons. The molecule has 1 unspecified atom stereocenters. The molecule has 1 saturated heterocycles. The lowest BCUT2D eigenvalue weighted by molar-refractivity contribution is 0.0561. The Labute approximate surface area is 107 Å². The molecular formula is C14H19NO3. The van der Waals surface area contributed by atoms with E-state index in [4.69, 9.17) is 9.47 Å². The first-order valence-corrected chi connectivity index (χ1v) is 6.37. The van der Waals surface area contributed by atoms with Crippen molar-refractivity contribution in [2.24, 2.45) is 5.92 Å². The van der Waals surface area contributed by atoms with Crippen LogP contribution in [0.2, 0.25) is 0 Å². The van der Waals surface area contributed by atoms with Gasteiger partial charge in [-0.15, -0.1) is 0 Å². The summed E-state index contributed by atoms with van der Waals surface area (Å²) in [6.07, 6.45) is 1.60. The topological polar surface area (TPSA) is 47.6 Å². The van der Waals surface area contributed by atoms with Gasteiger partial charge in [0.2, 0.25) is 0 Å². The van der Waals surface area contributed by atoms with E-state index in [0.29, 0.717) is 11.7 Å². The Balaban J connectivity index is 1.79. The largest absolute Gasteiger partial charge is 0.412 e. The van der Waals surface area contributed by atoms with Crippen molar-refractivity contribution >= 4 is 6.09 Å². The Hall–Kier alpha value is -1.55. The molecule has 1 aliphatic heterocycles. The Morgan fingerprint density at radius 3 is 2.67 bits per heavy atom. The maximum absolute atomic E-state index is 11.7. The van der Waals surface area contributed by atoms with E-state index in [-0.39, 0.29) is 12.1 Å². The molecule has 1 aromatic carbocycles. The van der Waals surface area contributed by atoms with Gasteiger partial charge in [-0.3, -0.25) is 0 Å². The molecule has 1 heterocycles. The summed E-state index contributed by atoms with van der Waals surface area (Å²) < 4.78 is 10.5. The van der Waals surface area contributed by atoms with E-state index >= 15 is 0 Å². The highest BCUT2D eigenvalue weighted by molar-refractivity contribution is 5.70. The Morgan fingerprint density at radius 1 is 1.33 bits per heavy atom. The molecule has 4 heteroatoms. The van der Waals surface area contributed by atoms with Crippen LogP contribution in [0.15, 0.2) is 30.3 Å². The number of amides is 1. The number of rotatable bonds is 3. The van der Waals surface area contributed by atoms with Gasteiger partial charge in [-0.25, -0.2) is 4.79 Å². The Kier molecular flexibility index (Phi) is 4.59. The highest BCUT2D eigenvalue weighted by Gasteiger charge is 2.22. The zero-order valence-electron chi connectivity index (χ0n) is 10.6. The van der Waals surface area contributed by atoms with E-state index in [0.717, 1.165) is 26.1 Å². The highest BCUT2D eigenvalue weighted by atomic mass is 16.6. The first kappa shape index (κ1) is 12.9. The fraction of sp³-hybridized carbons (Fsp3) is 0.500. The second kappa shape index (κ2) is 6.40. The fourth-order valence-corrected chi connectivity index (χ4v) is 2.14. The number of benzene rings is 1. The molecule has 0 bridgehead atoms. The average Bonchev–Trinajstić information content (AvgIpc) is 2.40. The van der Waals surface area contributed by atoms with Crippen LogP contribution in [0.4, 0.5) is 4.79 Å². The molecule has 18 heavy (non-hydrogen) atoms. The number of ether oxygens (including phenoxy) is 2. The Bertz CT molecular complexity index is 374. The van der Waals surface area contributed by atoms with Gasteiger partial charge in [0.05, 0.1) is 0 Å². The third-order valence-electron chi connectivity index (χ3n) is 3.27. The van der Waals surface area contributed by atoms with Crippen molar-refractivity contribution in [2.75, 3.05) is 13.2 Å². The van der Waals surface area contributed by atoms with Crippen LogP contribution in [0, 0.1) is 5.92 Å². The summed E-state index contributed by atoms with van der Waals surface area (Å²) in [5.41, 5.74) is 0. The van der Waals surface area contributed by atoms with Crippen molar-refractivity contribution < 1.29 is 14.3 Å². The number of carbonyl (C=O) groups excluding carboxylic acids is 1. The first-order valence-electron chi connectivity index (χ1n) is 6.37. The van der Waals surface area contributed by atoms with Crippen molar-refractivity contribution in [3.8, 4) is 5.75 Å². The third kappa shape index (κ3) is 3.74. The van der Waals surface area contributed by atoms with Crippen LogP contribution >= 0.6 is 0 Å². The maximum atomic E-state index is 11.7. The molecule has 0 radical (unpaired) electrons. The standard InChI is InChI=1S/C14H19NO3/c1-11(12-7-9-17-10-8-12)15-14(16)18-13-5-3-2-4-6-13/h2-6,11-12H,7-10H2,1H3,(H,15,16). The van der Waals surface area contributed by atoms with Gasteiger partial charge in [-0.05, 0) is 37.8 Å². The smallest absolute Gasteiger partial charge is 0.410 e. The SMILES string of the molecule is CC(NC(=O)Oc1ccccc1)C1CCOCC1. The van der Waals surface area contributed by atoms with Crippen LogP contribution in [0.1, 0.15) is 19.8 Å². The summed E-state index contributed by atoms with van der Waals surface area (Å²) in [6.45, 7) is 3.58. The van der Waals surface area contributed by atoms with E-state index in [1.54, 1.807) is 12.1 Å². The average molecular weight is 249 g/mol. The lowest BCUT2D eigenvalue weighted by atomic mass is 9.93. The molecule has 0 aliphatic carbocycles. The summed E-state index contributed by atoms with van der Waals surface area (Å²) in [5.74, 6) is 1.04. The van der Waals surface area contributed by atoms with Gasteiger partial charge >= 0.3 is 6.09 Å². The van der Waals surface area contributed by atoms with Crippen molar-refractivity contribution in [3.05, 3.63) is 30.3 Å². The van der Waals surface area contributed by atoms with Crippen LogP contribution in [0.5, 0.6) is 5.75 Å². The number of hydrogen-bond acceptors (Lipinski definition) is 3. The molecule has 4 nitrogen and oxygen atoms in total. The molecule has 0 saturated carbocycles. The zero-order valence-corrected chi connectivity index (χ0v) is 10.6. The monoisotopic (exact) mass is 249 g/mol. The minimum atomic E-state index is -0.389. The number of para-hydroxylation sites is 1. The quantitative estimate of drug-likeness (QED) is 0.895. The molecule has 1 fully saturated rings. The van der Waals surface area contributed by atoms with Crippen molar-refractivity contribution in [3.63, 3.8) is 0 Å². The van der Waals surface area contributed by atoms with Crippen LogP contribution in [0.25, 0.3) is 0 Å². The van der Waals surface area contributed by atoms with E-state index < -0.39 is 0 Å². The van der Waals surface area contributed by atoms with E-state index in [9.17, 15) is 4.79 Å². The predicted octanol–water partition coefficient (Wildman–Crippen LogP) is 2.59. The number of carbonyl (C=O) groups is 1. The van der Waals surface area contributed by atoms with Gasteiger partial charge < -0.3 is 14.8 Å². The number of nitrogens with one attached hydrogen (secondary N) is 1. The van der Waals surface area contributed by atoms with Crippen molar-refractivity contribution in [1.82, 2.24) is 5.32 Å². The van der Waals surface area contributed by atoms with Crippen molar-refractivity contribution in [1.29, 1.82) is 0 Å². The summed E-state index contributed by atoms with van der Waals surface area (Å²) in [6, 6.07) is 9.20. The van der Waals surface area contributed by atoms with Gasteiger partial charge in [0.15, 0.2) is 0 Å². The minimum Gasteiger partial charge on any atom is -0.410 e. The first-order chi connectivity index (χ1) is 8.75. The summed E-state index contributed by atoms with van der Waals surface area (Å²) >= 11 is 0. The molecular weight excluding hydrogens is 230 g/mol. The van der Waals surface area contributed by atoms with E-state index in [1.165, 1.54) is 0 Å². The zero-order chi connectivity index (χ0) is 12.8. The second-order valence-electron chi connectivity index (χ2n) is 4.59. The molecule has 0 aromatic heterocycles. The van der Waals surface area contributed by atoms with Crippen LogP contribution in [-0.2, 0) is 4.74 Å². The molecule has 0 spiro atoms. The lowest BCUT2D eigenvalue weighted by Gasteiger charge is -2.27. The van der Waals surface area contributed by atoms with Crippen LogP contribution in [-0.4, -0.2) is 25.3 Å². The highest BCUT2D eigenvalue weighted by Crippen LogP contribution is 2.18. The fourth-order valence-electron chi connectivity index (χ4n) is 2.14. The lowest BCUT2D eigenvalue weighted by Crippen LogP contribution is -2.41. The van der Waals surface area contributed by atoms with Crippen LogP contribution < -0.4 is 10.1 Å². The predicted molar refractivity (Wildman–Crippen MR) is 68.6 cm³/mol. The van der Waals surface area contributed by atoms with Gasteiger partial charge in [0, 0.05) is 19.3 Å². The molecule has 1 amide bonds. The molecule has 1 atom stereocenters. The molecule has 1 N–H and O–H groups in total. The minimum absolute atomic E-state index is 0.116. The molecule has 2 rings (SSSR count). The normalized spacial score (nSPS) is 18.1. The van der Waals surface area contributed by atoms with Gasteiger partial charge in [-0.1, -0.05) is 18.2 Å². The third-order valence-corrected chi connectivity index (χ3v) is 3.27. The van der Waals surface area contributed by atoms with Gasteiger partial charge in [0.1, 0.15) is 5.75 Å². The van der Waals surface area contributed by atoms with Gasteiger partial charge in [-0.2, -0.15) is 0 Å². The molecule has 1 aliphatic rings. The van der Waals surface area contributed by atoms with Crippen LogP contribution in [0.3, 0.4) is 0 Å². The number of hydrogen-bond donors (Lipinski definition) is 1. The Morgan fingerprint density at radius 2 is 2.00 bits per heavy atom. The van der Waals surface area contributed by atoms with Gasteiger partial charge in [0.25, 0.3) is 0 Å². The molecule has 1 aromatic rings. The summed E-state index contributed by atoms with van der Waals surface area (Å²) in [5, 5.41) is 2.88. The van der Waals surface area contributed by atoms with E-state index in [1.807, 2.05) is 25.1 Å². The summed E-state index contributed by atoms with van der Waals surface area (Å²) in [4.78, 5) is 11.7. The maximum Gasteiger partial charge on any atom is 0.412 e.